The molecule has 0 bridgehead atoms. The third-order valence-corrected chi connectivity index (χ3v) is 4.36. The topological polar surface area (TPSA) is 97.0 Å². The van der Waals surface area contributed by atoms with Gasteiger partial charge in [-0.25, -0.2) is 0 Å². The van der Waals surface area contributed by atoms with Crippen LogP contribution < -0.4 is 20.1 Å². The minimum Gasteiger partial charge on any atom is -0.493 e. The molecule has 154 valence electrons. The molecular formula is C20H29N3O5. The van der Waals surface area contributed by atoms with Crippen molar-refractivity contribution in [1.29, 1.82) is 0 Å². The van der Waals surface area contributed by atoms with Crippen molar-refractivity contribution in [2.45, 2.75) is 38.6 Å². The average molecular weight is 391 g/mol. The maximum atomic E-state index is 12.6. The van der Waals surface area contributed by atoms with E-state index < -0.39 is 0 Å². The summed E-state index contributed by atoms with van der Waals surface area (Å²) in [4.78, 5) is 37.1. The number of carbonyl (C=O) groups is 3. The molecule has 1 aliphatic carbocycles. The van der Waals surface area contributed by atoms with Gasteiger partial charge in [0.25, 0.3) is 5.91 Å². The Balaban J connectivity index is 1.72. The van der Waals surface area contributed by atoms with E-state index in [1.807, 2.05) is 12.1 Å². The number of amides is 3. The Kier molecular flexibility index (Phi) is 8.58. The fourth-order valence-corrected chi connectivity index (χ4v) is 2.75. The van der Waals surface area contributed by atoms with Gasteiger partial charge in [0.2, 0.25) is 11.8 Å². The predicted molar refractivity (Wildman–Crippen MR) is 104 cm³/mol. The van der Waals surface area contributed by atoms with Gasteiger partial charge in [0.1, 0.15) is 0 Å². The number of nitrogens with zero attached hydrogens (tertiary/aromatic N) is 1. The zero-order valence-corrected chi connectivity index (χ0v) is 16.5. The molecule has 0 aliphatic heterocycles. The number of nitrogens with one attached hydrogen (secondary N) is 2. The number of para-hydroxylation sites is 2. The molecule has 3 amide bonds. The molecule has 1 saturated carbocycles. The first-order valence-corrected chi connectivity index (χ1v) is 9.57. The van der Waals surface area contributed by atoms with E-state index in [-0.39, 0.29) is 36.8 Å². The number of benzene rings is 1. The number of methoxy groups -OCH3 is 1. The molecule has 1 aliphatic rings. The first kappa shape index (κ1) is 21.5. The SMILES string of the molecule is COc1ccccc1OCC(=O)N(CCC(=O)NCCCNC(C)=O)C1CC1. The van der Waals surface area contributed by atoms with Gasteiger partial charge in [-0.3, -0.25) is 14.4 Å². The van der Waals surface area contributed by atoms with Gasteiger partial charge < -0.3 is 25.0 Å². The Morgan fingerprint density at radius 2 is 1.79 bits per heavy atom. The summed E-state index contributed by atoms with van der Waals surface area (Å²) in [5.41, 5.74) is 0. The highest BCUT2D eigenvalue weighted by atomic mass is 16.5. The number of hydrogen-bond donors (Lipinski definition) is 2. The smallest absolute Gasteiger partial charge is 0.260 e. The van der Waals surface area contributed by atoms with Gasteiger partial charge in [-0.05, 0) is 31.4 Å². The Morgan fingerprint density at radius 1 is 1.11 bits per heavy atom. The van der Waals surface area contributed by atoms with Crippen molar-refractivity contribution in [1.82, 2.24) is 15.5 Å². The van der Waals surface area contributed by atoms with Crippen LogP contribution in [0.2, 0.25) is 0 Å². The van der Waals surface area contributed by atoms with Crippen LogP contribution in [0.15, 0.2) is 24.3 Å². The molecule has 1 aromatic rings. The number of ether oxygens (including phenoxy) is 2. The van der Waals surface area contributed by atoms with E-state index in [4.69, 9.17) is 9.47 Å². The van der Waals surface area contributed by atoms with Crippen molar-refractivity contribution < 1.29 is 23.9 Å². The fourth-order valence-electron chi connectivity index (χ4n) is 2.75. The normalized spacial score (nSPS) is 12.8. The molecular weight excluding hydrogens is 362 g/mol. The van der Waals surface area contributed by atoms with Crippen LogP contribution in [0.3, 0.4) is 0 Å². The van der Waals surface area contributed by atoms with E-state index in [1.54, 1.807) is 24.1 Å². The van der Waals surface area contributed by atoms with Crippen LogP contribution in [0.4, 0.5) is 0 Å². The van der Waals surface area contributed by atoms with Crippen LogP contribution in [-0.4, -0.2) is 62.0 Å². The molecule has 0 heterocycles. The van der Waals surface area contributed by atoms with Crippen LogP contribution >= 0.6 is 0 Å². The molecule has 0 unspecified atom stereocenters. The second-order valence-electron chi connectivity index (χ2n) is 6.69. The maximum Gasteiger partial charge on any atom is 0.260 e. The molecule has 1 aromatic carbocycles. The summed E-state index contributed by atoms with van der Waals surface area (Å²) in [6.45, 7) is 2.77. The van der Waals surface area contributed by atoms with Gasteiger partial charge in [-0.1, -0.05) is 12.1 Å². The van der Waals surface area contributed by atoms with Crippen molar-refractivity contribution in [2.75, 3.05) is 33.4 Å². The Morgan fingerprint density at radius 3 is 2.43 bits per heavy atom. The van der Waals surface area contributed by atoms with Crippen molar-refractivity contribution in [3.63, 3.8) is 0 Å². The molecule has 2 rings (SSSR count). The van der Waals surface area contributed by atoms with Crippen molar-refractivity contribution in [3.05, 3.63) is 24.3 Å². The second-order valence-corrected chi connectivity index (χ2v) is 6.69. The van der Waals surface area contributed by atoms with E-state index in [2.05, 4.69) is 10.6 Å². The molecule has 2 N–H and O–H groups in total. The summed E-state index contributed by atoms with van der Waals surface area (Å²) >= 11 is 0. The van der Waals surface area contributed by atoms with E-state index in [0.29, 0.717) is 37.6 Å². The molecule has 0 saturated heterocycles. The van der Waals surface area contributed by atoms with Crippen LogP contribution in [0.5, 0.6) is 11.5 Å². The minimum atomic E-state index is -0.133. The number of rotatable bonds is 12. The van der Waals surface area contributed by atoms with Crippen molar-refractivity contribution in [3.8, 4) is 11.5 Å². The molecule has 0 atom stereocenters. The van der Waals surface area contributed by atoms with Crippen molar-refractivity contribution in [2.24, 2.45) is 0 Å². The fraction of sp³-hybridized carbons (Fsp3) is 0.550. The standard InChI is InChI=1S/C20H29N3O5/c1-15(24)21-11-5-12-22-19(25)10-13-23(16-8-9-16)20(26)14-28-18-7-4-3-6-17(18)27-2/h3-4,6-7,16H,5,8-14H2,1-2H3,(H,21,24)(H,22,25). The summed E-state index contributed by atoms with van der Waals surface area (Å²) < 4.78 is 10.8. The van der Waals surface area contributed by atoms with Gasteiger partial charge in [0.15, 0.2) is 18.1 Å². The lowest BCUT2D eigenvalue weighted by molar-refractivity contribution is -0.134. The molecule has 0 spiro atoms. The lowest BCUT2D eigenvalue weighted by atomic mass is 10.3. The van der Waals surface area contributed by atoms with E-state index in [9.17, 15) is 14.4 Å². The van der Waals surface area contributed by atoms with E-state index in [1.165, 1.54) is 6.92 Å². The second kappa shape index (κ2) is 11.2. The van der Waals surface area contributed by atoms with Crippen molar-refractivity contribution >= 4 is 17.7 Å². The molecule has 1 fully saturated rings. The van der Waals surface area contributed by atoms with Crippen LogP contribution in [0.25, 0.3) is 0 Å². The quantitative estimate of drug-likeness (QED) is 0.520. The van der Waals surface area contributed by atoms with Gasteiger partial charge >= 0.3 is 0 Å². The van der Waals surface area contributed by atoms with Gasteiger partial charge in [-0.15, -0.1) is 0 Å². The summed E-state index contributed by atoms with van der Waals surface area (Å²) in [6.07, 6.45) is 2.83. The third-order valence-electron chi connectivity index (χ3n) is 4.36. The highest BCUT2D eigenvalue weighted by Crippen LogP contribution is 2.28. The highest BCUT2D eigenvalue weighted by Gasteiger charge is 2.32. The molecule has 0 radical (unpaired) electrons. The van der Waals surface area contributed by atoms with E-state index >= 15 is 0 Å². The summed E-state index contributed by atoms with van der Waals surface area (Å²) in [5, 5.41) is 5.48. The zero-order valence-electron chi connectivity index (χ0n) is 16.5. The third kappa shape index (κ3) is 7.46. The van der Waals surface area contributed by atoms with Crippen LogP contribution in [0, 0.1) is 0 Å². The van der Waals surface area contributed by atoms with Gasteiger partial charge in [0.05, 0.1) is 7.11 Å². The molecule has 8 heteroatoms. The first-order chi connectivity index (χ1) is 13.5. The van der Waals surface area contributed by atoms with E-state index in [0.717, 1.165) is 12.8 Å². The Labute approximate surface area is 165 Å². The Hall–Kier alpha value is -2.77. The highest BCUT2D eigenvalue weighted by molar-refractivity contribution is 5.80. The Bertz CT molecular complexity index is 676. The summed E-state index contributed by atoms with van der Waals surface area (Å²) in [5.74, 6) is 0.775. The van der Waals surface area contributed by atoms with Gasteiger partial charge in [-0.2, -0.15) is 0 Å². The number of hydrogen-bond acceptors (Lipinski definition) is 5. The lowest BCUT2D eigenvalue weighted by Gasteiger charge is -2.22. The maximum absolute atomic E-state index is 12.6. The van der Waals surface area contributed by atoms with Crippen LogP contribution in [-0.2, 0) is 14.4 Å². The molecule has 28 heavy (non-hydrogen) atoms. The summed E-state index contributed by atoms with van der Waals surface area (Å²) in [6, 6.07) is 7.37. The predicted octanol–water partition coefficient (Wildman–Crippen LogP) is 1.10. The zero-order chi connectivity index (χ0) is 20.4. The summed E-state index contributed by atoms with van der Waals surface area (Å²) in [7, 11) is 1.55. The monoisotopic (exact) mass is 391 g/mol. The first-order valence-electron chi connectivity index (χ1n) is 9.57. The minimum absolute atomic E-state index is 0.0831. The number of carbonyl (C=O) groups excluding carboxylic acids is 3. The van der Waals surface area contributed by atoms with Crippen LogP contribution in [0.1, 0.15) is 32.6 Å². The largest absolute Gasteiger partial charge is 0.493 e. The average Bonchev–Trinajstić information content (AvgIpc) is 3.51. The molecule has 8 nitrogen and oxygen atoms in total. The molecule has 0 aromatic heterocycles. The lowest BCUT2D eigenvalue weighted by Crippen LogP contribution is -2.39. The van der Waals surface area contributed by atoms with Gasteiger partial charge in [0, 0.05) is 39.0 Å².